The fraction of sp³-hybridized carbons (Fsp3) is 0.500. The first-order chi connectivity index (χ1) is 10.1. The molecule has 0 radical (unpaired) electrons. The van der Waals surface area contributed by atoms with Gasteiger partial charge in [-0.05, 0) is 42.6 Å². The maximum atomic E-state index is 4.46. The van der Waals surface area contributed by atoms with E-state index in [-0.39, 0.29) is 6.04 Å². The van der Waals surface area contributed by atoms with Crippen LogP contribution >= 0.6 is 15.9 Å². The summed E-state index contributed by atoms with van der Waals surface area (Å²) in [7, 11) is 4.11. The summed E-state index contributed by atoms with van der Waals surface area (Å²) < 4.78 is 2.98. The van der Waals surface area contributed by atoms with Crippen LogP contribution in [0.25, 0.3) is 0 Å². The van der Waals surface area contributed by atoms with Gasteiger partial charge in [-0.1, -0.05) is 6.92 Å². The van der Waals surface area contributed by atoms with Crippen molar-refractivity contribution in [1.29, 1.82) is 0 Å². The number of likely N-dealkylation sites (N-methyl/N-ethyl adjacent to an activating group) is 1. The molecule has 0 fully saturated rings. The second-order valence-electron chi connectivity index (χ2n) is 5.00. The van der Waals surface area contributed by atoms with Crippen LogP contribution in [0.5, 0.6) is 0 Å². The second kappa shape index (κ2) is 7.63. The molecule has 0 amide bonds. The molecular weight excluding hydrogens is 332 g/mol. The van der Waals surface area contributed by atoms with Crippen molar-refractivity contribution < 1.29 is 0 Å². The minimum Gasteiger partial charge on any atom is -0.308 e. The number of nitrogens with zero attached hydrogens (tertiary/aromatic N) is 5. The van der Waals surface area contributed by atoms with Crippen molar-refractivity contribution >= 4 is 15.9 Å². The molecular formula is C14H21BrN6. The van der Waals surface area contributed by atoms with Gasteiger partial charge in [-0.3, -0.25) is 4.68 Å². The number of rotatable bonds is 7. The third kappa shape index (κ3) is 4.09. The summed E-state index contributed by atoms with van der Waals surface area (Å²) >= 11 is 3.60. The van der Waals surface area contributed by atoms with Crippen LogP contribution in [0, 0.1) is 0 Å². The molecule has 0 aromatic carbocycles. The quantitative estimate of drug-likeness (QED) is 0.821. The van der Waals surface area contributed by atoms with Crippen molar-refractivity contribution in [3.8, 4) is 0 Å². The predicted molar refractivity (Wildman–Crippen MR) is 86.0 cm³/mol. The van der Waals surface area contributed by atoms with E-state index in [2.05, 4.69) is 62.2 Å². The zero-order valence-corrected chi connectivity index (χ0v) is 14.2. The minimum absolute atomic E-state index is 0.0739. The van der Waals surface area contributed by atoms with Gasteiger partial charge in [0.15, 0.2) is 5.82 Å². The Morgan fingerprint density at radius 2 is 2.05 bits per heavy atom. The summed E-state index contributed by atoms with van der Waals surface area (Å²) in [5.41, 5.74) is 1.06. The molecule has 114 valence electrons. The monoisotopic (exact) mass is 352 g/mol. The van der Waals surface area contributed by atoms with Gasteiger partial charge in [-0.2, -0.15) is 5.10 Å². The van der Waals surface area contributed by atoms with Crippen LogP contribution in [0.15, 0.2) is 29.1 Å². The minimum atomic E-state index is -0.0739. The van der Waals surface area contributed by atoms with Gasteiger partial charge < -0.3 is 10.2 Å². The number of aromatic nitrogens is 4. The lowest BCUT2D eigenvalue weighted by atomic mass is 10.2. The standard InChI is InChI=1S/C14H21BrN6/c1-4-16-12(14-17-6-5-7-18-14)13-11(15)10-19-21(13)9-8-20(2)3/h5-7,10,12,16H,4,8-9H2,1-3H3. The van der Waals surface area contributed by atoms with Crippen LogP contribution in [-0.4, -0.2) is 51.8 Å². The SMILES string of the molecule is CCNC(c1ncccn1)c1c(Br)cnn1CCN(C)C. The molecule has 1 atom stereocenters. The lowest BCUT2D eigenvalue weighted by molar-refractivity contribution is 0.364. The van der Waals surface area contributed by atoms with Gasteiger partial charge in [0.05, 0.1) is 22.9 Å². The normalized spacial score (nSPS) is 12.8. The van der Waals surface area contributed by atoms with E-state index in [1.54, 1.807) is 12.4 Å². The van der Waals surface area contributed by atoms with Crippen LogP contribution in [0.1, 0.15) is 24.5 Å². The van der Waals surface area contributed by atoms with Crippen molar-refractivity contribution in [2.75, 3.05) is 27.2 Å². The van der Waals surface area contributed by atoms with E-state index in [1.165, 1.54) is 0 Å². The Balaban J connectivity index is 2.34. The maximum Gasteiger partial charge on any atom is 0.151 e. The molecule has 1 unspecified atom stereocenters. The molecule has 1 N–H and O–H groups in total. The first kappa shape index (κ1) is 16.1. The molecule has 0 aliphatic heterocycles. The van der Waals surface area contributed by atoms with E-state index in [4.69, 9.17) is 0 Å². The summed E-state index contributed by atoms with van der Waals surface area (Å²) in [5, 5.41) is 7.90. The smallest absolute Gasteiger partial charge is 0.151 e. The lowest BCUT2D eigenvalue weighted by Crippen LogP contribution is -2.28. The van der Waals surface area contributed by atoms with Gasteiger partial charge in [-0.25, -0.2) is 9.97 Å². The number of nitrogens with one attached hydrogen (secondary N) is 1. The van der Waals surface area contributed by atoms with Gasteiger partial charge in [0.1, 0.15) is 6.04 Å². The van der Waals surface area contributed by atoms with Crippen LogP contribution in [0.4, 0.5) is 0 Å². The van der Waals surface area contributed by atoms with Crippen molar-refractivity contribution in [2.24, 2.45) is 0 Å². The molecule has 0 saturated carbocycles. The Kier molecular flexibility index (Phi) is 5.84. The van der Waals surface area contributed by atoms with Crippen LogP contribution < -0.4 is 5.32 Å². The summed E-state index contributed by atoms with van der Waals surface area (Å²) in [4.78, 5) is 10.9. The highest BCUT2D eigenvalue weighted by atomic mass is 79.9. The highest BCUT2D eigenvalue weighted by Gasteiger charge is 2.23. The third-order valence-electron chi connectivity index (χ3n) is 3.12. The summed E-state index contributed by atoms with van der Waals surface area (Å²) in [6, 6.07) is 1.75. The molecule has 2 heterocycles. The predicted octanol–water partition coefficient (Wildman–Crippen LogP) is 1.70. The molecule has 0 saturated heterocycles. The van der Waals surface area contributed by atoms with Gasteiger partial charge in [0.2, 0.25) is 0 Å². The number of hydrogen-bond acceptors (Lipinski definition) is 5. The zero-order valence-electron chi connectivity index (χ0n) is 12.6. The summed E-state index contributed by atoms with van der Waals surface area (Å²) in [6.07, 6.45) is 5.36. The van der Waals surface area contributed by atoms with Crippen molar-refractivity contribution in [1.82, 2.24) is 30.0 Å². The van der Waals surface area contributed by atoms with Crippen molar-refractivity contribution in [3.05, 3.63) is 40.6 Å². The molecule has 0 bridgehead atoms. The molecule has 2 rings (SSSR count). The molecule has 0 spiro atoms. The van der Waals surface area contributed by atoms with E-state index in [1.807, 2.05) is 16.9 Å². The highest BCUT2D eigenvalue weighted by molar-refractivity contribution is 9.10. The number of hydrogen-bond donors (Lipinski definition) is 1. The summed E-state index contributed by atoms with van der Waals surface area (Å²) in [5.74, 6) is 0.756. The van der Waals surface area contributed by atoms with E-state index in [0.717, 1.165) is 35.6 Å². The fourth-order valence-electron chi connectivity index (χ4n) is 2.11. The summed E-state index contributed by atoms with van der Waals surface area (Å²) in [6.45, 7) is 4.65. The maximum absolute atomic E-state index is 4.46. The first-order valence-electron chi connectivity index (χ1n) is 6.99. The van der Waals surface area contributed by atoms with E-state index in [9.17, 15) is 0 Å². The van der Waals surface area contributed by atoms with Crippen LogP contribution in [-0.2, 0) is 6.54 Å². The van der Waals surface area contributed by atoms with Crippen LogP contribution in [0.3, 0.4) is 0 Å². The van der Waals surface area contributed by atoms with Crippen molar-refractivity contribution in [3.63, 3.8) is 0 Å². The largest absolute Gasteiger partial charge is 0.308 e. The molecule has 7 heteroatoms. The molecule has 2 aromatic heterocycles. The fourth-order valence-corrected chi connectivity index (χ4v) is 2.63. The molecule has 6 nitrogen and oxygen atoms in total. The lowest BCUT2D eigenvalue weighted by Gasteiger charge is -2.19. The Hall–Kier alpha value is -1.31. The molecule has 2 aromatic rings. The van der Waals surface area contributed by atoms with Gasteiger partial charge in [-0.15, -0.1) is 0 Å². The molecule has 21 heavy (non-hydrogen) atoms. The number of halogens is 1. The Labute approximate surface area is 133 Å². The van der Waals surface area contributed by atoms with Crippen molar-refractivity contribution in [2.45, 2.75) is 19.5 Å². The highest BCUT2D eigenvalue weighted by Crippen LogP contribution is 2.26. The Bertz CT molecular complexity index is 554. The first-order valence-corrected chi connectivity index (χ1v) is 7.79. The molecule has 0 aliphatic carbocycles. The average Bonchev–Trinajstić information content (AvgIpc) is 2.84. The van der Waals surface area contributed by atoms with Gasteiger partial charge in [0.25, 0.3) is 0 Å². The topological polar surface area (TPSA) is 58.9 Å². The zero-order chi connectivity index (χ0) is 15.2. The van der Waals surface area contributed by atoms with E-state index in [0.29, 0.717) is 0 Å². The Morgan fingerprint density at radius 1 is 1.33 bits per heavy atom. The van der Waals surface area contributed by atoms with Gasteiger partial charge in [0, 0.05) is 18.9 Å². The van der Waals surface area contributed by atoms with Gasteiger partial charge >= 0.3 is 0 Å². The van der Waals surface area contributed by atoms with E-state index >= 15 is 0 Å². The third-order valence-corrected chi connectivity index (χ3v) is 3.73. The Morgan fingerprint density at radius 3 is 2.67 bits per heavy atom. The molecule has 0 aliphatic rings. The van der Waals surface area contributed by atoms with Crippen LogP contribution in [0.2, 0.25) is 0 Å². The van der Waals surface area contributed by atoms with E-state index < -0.39 is 0 Å². The average molecular weight is 353 g/mol. The second-order valence-corrected chi connectivity index (χ2v) is 5.86.